The first-order valence-corrected chi connectivity index (χ1v) is 7.85. The number of ether oxygens (including phenoxy) is 1. The molecule has 6 heteroatoms. The summed E-state index contributed by atoms with van der Waals surface area (Å²) in [7, 11) is 0. The summed E-state index contributed by atoms with van der Waals surface area (Å²) >= 11 is 1.30. The Morgan fingerprint density at radius 3 is 2.62 bits per heavy atom. The lowest BCUT2D eigenvalue weighted by molar-refractivity contribution is -0.145. The van der Waals surface area contributed by atoms with Crippen molar-refractivity contribution in [2.75, 3.05) is 23.4 Å². The molecule has 0 heterocycles. The molecule has 0 bridgehead atoms. The Morgan fingerprint density at radius 2 is 2.00 bits per heavy atom. The van der Waals surface area contributed by atoms with Crippen molar-refractivity contribution in [3.63, 3.8) is 0 Å². The van der Waals surface area contributed by atoms with E-state index >= 15 is 0 Å². The van der Waals surface area contributed by atoms with Gasteiger partial charge in [0.1, 0.15) is 5.75 Å². The molecule has 0 fully saturated rings. The summed E-state index contributed by atoms with van der Waals surface area (Å²) in [5.74, 6) is 0.176. The molecule has 1 aromatic rings. The van der Waals surface area contributed by atoms with Crippen LogP contribution in [0.15, 0.2) is 24.3 Å². The van der Waals surface area contributed by atoms with E-state index in [9.17, 15) is 9.59 Å². The van der Waals surface area contributed by atoms with Gasteiger partial charge in [0.25, 0.3) is 0 Å². The van der Waals surface area contributed by atoms with Gasteiger partial charge in [-0.15, -0.1) is 0 Å². The molecule has 0 atom stereocenters. The minimum absolute atomic E-state index is 0.173. The predicted molar refractivity (Wildman–Crippen MR) is 85.0 cm³/mol. The van der Waals surface area contributed by atoms with Gasteiger partial charge in [-0.25, -0.2) is 0 Å². The first-order valence-electron chi connectivity index (χ1n) is 6.69. The fraction of sp³-hybridized carbons (Fsp3) is 0.467. The zero-order chi connectivity index (χ0) is 15.9. The molecule has 0 aliphatic carbocycles. The van der Waals surface area contributed by atoms with Crippen molar-refractivity contribution in [1.29, 1.82) is 0 Å². The average Bonchev–Trinajstić information content (AvgIpc) is 2.41. The Balaban J connectivity index is 2.50. The molecule has 116 valence electrons. The summed E-state index contributed by atoms with van der Waals surface area (Å²) in [5, 5.41) is 11.8. The van der Waals surface area contributed by atoms with Crippen LogP contribution in [0.4, 0.5) is 5.69 Å². The summed E-state index contributed by atoms with van der Waals surface area (Å²) in [6, 6.07) is 7.22. The maximum Gasteiger partial charge on any atom is 0.309 e. The average molecular weight is 311 g/mol. The number of para-hydroxylation sites is 2. The first kappa shape index (κ1) is 17.4. The smallest absolute Gasteiger partial charge is 0.309 e. The van der Waals surface area contributed by atoms with Gasteiger partial charge in [-0.3, -0.25) is 9.59 Å². The number of carboxylic acid groups (broad SMARTS) is 1. The lowest BCUT2D eigenvalue weighted by atomic mass is 9.97. The zero-order valence-corrected chi connectivity index (χ0v) is 13.3. The van der Waals surface area contributed by atoms with Gasteiger partial charge in [0.15, 0.2) is 0 Å². The monoisotopic (exact) mass is 311 g/mol. The van der Waals surface area contributed by atoms with Crippen molar-refractivity contribution in [2.45, 2.75) is 20.8 Å². The molecule has 0 saturated carbocycles. The largest absolute Gasteiger partial charge is 0.492 e. The molecule has 0 aliphatic heterocycles. The third-order valence-corrected chi connectivity index (χ3v) is 4.13. The zero-order valence-electron chi connectivity index (χ0n) is 12.5. The number of aliphatic carboxylic acids is 1. The number of carbonyl (C=O) groups is 2. The van der Waals surface area contributed by atoms with E-state index in [1.807, 2.05) is 19.1 Å². The number of hydrogen-bond acceptors (Lipinski definition) is 4. The van der Waals surface area contributed by atoms with Crippen molar-refractivity contribution < 1.29 is 19.4 Å². The van der Waals surface area contributed by atoms with Crippen LogP contribution >= 0.6 is 11.8 Å². The van der Waals surface area contributed by atoms with Crippen LogP contribution in [0, 0.1) is 5.41 Å². The number of benzene rings is 1. The number of nitrogens with one attached hydrogen (secondary N) is 1. The Bertz CT molecular complexity index is 502. The molecule has 0 unspecified atom stereocenters. The van der Waals surface area contributed by atoms with Crippen molar-refractivity contribution in [3.8, 4) is 5.75 Å². The summed E-state index contributed by atoms with van der Waals surface area (Å²) in [6.07, 6.45) is 0. The Morgan fingerprint density at radius 1 is 1.33 bits per heavy atom. The highest BCUT2D eigenvalue weighted by Crippen LogP contribution is 2.25. The van der Waals surface area contributed by atoms with E-state index in [0.29, 0.717) is 23.8 Å². The van der Waals surface area contributed by atoms with E-state index in [-0.39, 0.29) is 11.7 Å². The normalized spacial score (nSPS) is 11.0. The number of carboxylic acids is 1. The van der Waals surface area contributed by atoms with Crippen LogP contribution in [0.5, 0.6) is 5.75 Å². The van der Waals surface area contributed by atoms with E-state index in [4.69, 9.17) is 9.84 Å². The molecule has 1 rings (SSSR count). The van der Waals surface area contributed by atoms with Gasteiger partial charge in [-0.2, -0.15) is 11.8 Å². The van der Waals surface area contributed by atoms with Crippen LogP contribution < -0.4 is 10.1 Å². The fourth-order valence-electron chi connectivity index (χ4n) is 1.50. The Labute approximate surface area is 129 Å². The van der Waals surface area contributed by atoms with Crippen molar-refractivity contribution >= 4 is 29.3 Å². The van der Waals surface area contributed by atoms with Crippen molar-refractivity contribution in [1.82, 2.24) is 0 Å². The number of carbonyl (C=O) groups excluding carboxylic acids is 1. The molecule has 5 nitrogen and oxygen atoms in total. The van der Waals surface area contributed by atoms with Gasteiger partial charge in [0.2, 0.25) is 5.91 Å². The topological polar surface area (TPSA) is 75.6 Å². The van der Waals surface area contributed by atoms with Crippen LogP contribution in [-0.4, -0.2) is 35.1 Å². The van der Waals surface area contributed by atoms with Gasteiger partial charge in [-0.1, -0.05) is 12.1 Å². The van der Waals surface area contributed by atoms with E-state index < -0.39 is 11.4 Å². The van der Waals surface area contributed by atoms with Gasteiger partial charge in [0.05, 0.1) is 23.5 Å². The van der Waals surface area contributed by atoms with Crippen molar-refractivity contribution in [3.05, 3.63) is 24.3 Å². The minimum Gasteiger partial charge on any atom is -0.492 e. The summed E-state index contributed by atoms with van der Waals surface area (Å²) in [6.45, 7) is 5.69. The highest BCUT2D eigenvalue weighted by Gasteiger charge is 2.27. The van der Waals surface area contributed by atoms with E-state index in [1.54, 1.807) is 26.0 Å². The van der Waals surface area contributed by atoms with Crippen LogP contribution in [-0.2, 0) is 9.59 Å². The highest BCUT2D eigenvalue weighted by atomic mass is 32.2. The molecule has 0 spiro atoms. The third kappa shape index (κ3) is 5.67. The number of amides is 1. The quantitative estimate of drug-likeness (QED) is 0.772. The second-order valence-electron chi connectivity index (χ2n) is 5.16. The molecule has 0 radical (unpaired) electrons. The van der Waals surface area contributed by atoms with E-state index in [2.05, 4.69) is 5.32 Å². The van der Waals surface area contributed by atoms with Gasteiger partial charge >= 0.3 is 5.97 Å². The fourth-order valence-corrected chi connectivity index (χ4v) is 2.49. The maximum atomic E-state index is 11.9. The third-order valence-electron chi connectivity index (χ3n) is 2.74. The standard InChI is InChI=1S/C15H21NO4S/c1-4-20-12-8-6-5-7-11(12)16-13(17)9-21-10-15(2,3)14(18)19/h5-8H,4,9-10H2,1-3H3,(H,16,17)(H,18,19). The number of hydrogen-bond donors (Lipinski definition) is 2. The molecule has 1 amide bonds. The SMILES string of the molecule is CCOc1ccccc1NC(=O)CSCC(C)(C)C(=O)O. The molecule has 1 aromatic carbocycles. The van der Waals surface area contributed by atoms with Crippen LogP contribution in [0.25, 0.3) is 0 Å². The van der Waals surface area contributed by atoms with E-state index in [0.717, 1.165) is 0 Å². The number of thioether (sulfide) groups is 1. The number of anilines is 1. The summed E-state index contributed by atoms with van der Waals surface area (Å²) < 4.78 is 5.43. The molecular weight excluding hydrogens is 290 g/mol. The first-order chi connectivity index (χ1) is 9.86. The summed E-state index contributed by atoms with van der Waals surface area (Å²) in [4.78, 5) is 22.9. The van der Waals surface area contributed by atoms with E-state index in [1.165, 1.54) is 11.8 Å². The second kappa shape index (κ2) is 7.93. The Hall–Kier alpha value is -1.69. The molecular formula is C15H21NO4S. The summed E-state index contributed by atoms with van der Waals surface area (Å²) in [5.41, 5.74) is -0.212. The second-order valence-corrected chi connectivity index (χ2v) is 6.14. The highest BCUT2D eigenvalue weighted by molar-refractivity contribution is 8.00. The lowest BCUT2D eigenvalue weighted by Gasteiger charge is -2.18. The maximum absolute atomic E-state index is 11.9. The van der Waals surface area contributed by atoms with Gasteiger partial charge in [0, 0.05) is 5.75 Å². The van der Waals surface area contributed by atoms with Crippen LogP contribution in [0.1, 0.15) is 20.8 Å². The number of rotatable bonds is 8. The lowest BCUT2D eigenvalue weighted by Crippen LogP contribution is -2.27. The van der Waals surface area contributed by atoms with Crippen molar-refractivity contribution in [2.24, 2.45) is 5.41 Å². The van der Waals surface area contributed by atoms with Gasteiger partial charge < -0.3 is 15.2 Å². The van der Waals surface area contributed by atoms with Crippen LogP contribution in [0.3, 0.4) is 0 Å². The molecule has 0 saturated heterocycles. The molecule has 2 N–H and O–H groups in total. The minimum atomic E-state index is -0.864. The molecule has 0 aromatic heterocycles. The molecule has 0 aliphatic rings. The molecule has 21 heavy (non-hydrogen) atoms. The van der Waals surface area contributed by atoms with Gasteiger partial charge in [-0.05, 0) is 32.9 Å². The van der Waals surface area contributed by atoms with Crippen LogP contribution in [0.2, 0.25) is 0 Å². The predicted octanol–water partition coefficient (Wildman–Crippen LogP) is 2.87. The Kier molecular flexibility index (Phi) is 6.55.